The molecule has 1 atom stereocenters. The van der Waals surface area contributed by atoms with Crippen LogP contribution < -0.4 is 10.6 Å². The summed E-state index contributed by atoms with van der Waals surface area (Å²) in [5.41, 5.74) is 3.81. The van der Waals surface area contributed by atoms with E-state index in [1.165, 1.54) is 0 Å². The number of aromatic nitrogens is 2. The third-order valence-electron chi connectivity index (χ3n) is 5.91. The number of hydrogen-bond donors (Lipinski definition) is 3. The Kier molecular flexibility index (Phi) is 8.79. The molecule has 10 heteroatoms. The van der Waals surface area contributed by atoms with E-state index in [0.29, 0.717) is 22.3 Å². The fraction of sp³-hybridized carbons (Fsp3) is 0.100. The highest BCUT2D eigenvalue weighted by Crippen LogP contribution is 2.34. The zero-order valence-electron chi connectivity index (χ0n) is 21.6. The molecule has 5 rings (SSSR count). The predicted octanol–water partition coefficient (Wildman–Crippen LogP) is 7.33. The van der Waals surface area contributed by atoms with Crippen LogP contribution in [0.2, 0.25) is 0 Å². The van der Waals surface area contributed by atoms with Crippen LogP contribution in [0.25, 0.3) is 10.4 Å². The van der Waals surface area contributed by atoms with Gasteiger partial charge in [-0.25, -0.2) is 14.0 Å². The lowest BCUT2D eigenvalue weighted by molar-refractivity contribution is 0.164. The largest absolute Gasteiger partial charge is 0.448 e. The molecule has 0 saturated carbocycles. The zero-order chi connectivity index (χ0) is 27.7. The lowest BCUT2D eigenvalue weighted by Crippen LogP contribution is -2.15. The molecule has 8 nitrogen and oxygen atoms in total. The lowest BCUT2D eigenvalue weighted by atomic mass is 9.98. The SMILES string of the molecule is CCOC(=O)/N=[SH](=O)/c1ccc(Nc2ncc(-c3cccs3)c(NC(c3ccccc3)c3ccccc3)n2)cc1. The zero-order valence-corrected chi connectivity index (χ0v) is 23.3. The van der Waals surface area contributed by atoms with Crippen molar-refractivity contribution < 1.29 is 13.7 Å². The number of carbonyl (C=O) groups excluding carboxylic acids is 1. The third-order valence-corrected chi connectivity index (χ3v) is 7.89. The quantitative estimate of drug-likeness (QED) is 0.160. The molecule has 40 heavy (non-hydrogen) atoms. The van der Waals surface area contributed by atoms with Crippen LogP contribution in [0.15, 0.2) is 118 Å². The number of thiol groups is 1. The van der Waals surface area contributed by atoms with Crippen molar-refractivity contribution in [2.75, 3.05) is 17.2 Å². The van der Waals surface area contributed by atoms with Gasteiger partial charge in [0, 0.05) is 21.7 Å². The van der Waals surface area contributed by atoms with E-state index in [-0.39, 0.29) is 12.6 Å². The molecule has 0 aliphatic heterocycles. The van der Waals surface area contributed by atoms with Gasteiger partial charge in [-0.2, -0.15) is 4.98 Å². The Morgan fingerprint density at radius 2 is 1.62 bits per heavy atom. The van der Waals surface area contributed by atoms with Crippen LogP contribution in [-0.4, -0.2) is 26.9 Å². The second kappa shape index (κ2) is 13.0. The Morgan fingerprint density at radius 3 is 2.23 bits per heavy atom. The first kappa shape index (κ1) is 27.0. The molecule has 202 valence electrons. The molecule has 1 unspecified atom stereocenters. The molecule has 1 amide bonds. The normalized spacial score (nSPS) is 11.8. The molecule has 2 aromatic heterocycles. The van der Waals surface area contributed by atoms with Crippen molar-refractivity contribution in [3.05, 3.63) is 120 Å². The van der Waals surface area contributed by atoms with Crippen molar-refractivity contribution in [2.45, 2.75) is 17.9 Å². The number of nitrogens with one attached hydrogen (secondary N) is 2. The maximum absolute atomic E-state index is 12.4. The Labute approximate surface area is 238 Å². The second-order valence-corrected chi connectivity index (χ2v) is 10.8. The Hall–Kier alpha value is -4.54. The number of rotatable bonds is 9. The molecular weight excluding hydrogens is 542 g/mol. The van der Waals surface area contributed by atoms with Gasteiger partial charge in [0.25, 0.3) is 0 Å². The number of thiophene rings is 1. The number of ether oxygens (including phenoxy) is 1. The summed E-state index contributed by atoms with van der Waals surface area (Å²) >= 11 is 1.62. The van der Waals surface area contributed by atoms with Crippen molar-refractivity contribution in [3.63, 3.8) is 0 Å². The van der Waals surface area contributed by atoms with Crippen LogP contribution in [0.3, 0.4) is 0 Å². The smallest absolute Gasteiger partial charge is 0.441 e. The van der Waals surface area contributed by atoms with Crippen LogP contribution in [0.4, 0.5) is 22.2 Å². The summed E-state index contributed by atoms with van der Waals surface area (Å²) in [4.78, 5) is 22.4. The van der Waals surface area contributed by atoms with E-state index in [4.69, 9.17) is 9.72 Å². The minimum Gasteiger partial charge on any atom is -0.448 e. The molecule has 0 saturated heterocycles. The molecule has 0 radical (unpaired) electrons. The van der Waals surface area contributed by atoms with Gasteiger partial charge in [0.15, 0.2) is 0 Å². The van der Waals surface area contributed by atoms with Gasteiger partial charge in [-0.05, 0) is 53.8 Å². The van der Waals surface area contributed by atoms with Gasteiger partial charge >= 0.3 is 6.09 Å². The van der Waals surface area contributed by atoms with Crippen molar-refractivity contribution in [2.24, 2.45) is 4.36 Å². The Morgan fingerprint density at radius 1 is 0.950 bits per heavy atom. The molecule has 0 spiro atoms. The summed E-state index contributed by atoms with van der Waals surface area (Å²) in [6.07, 6.45) is 0.967. The van der Waals surface area contributed by atoms with E-state index >= 15 is 0 Å². The van der Waals surface area contributed by atoms with E-state index < -0.39 is 16.7 Å². The Balaban J connectivity index is 1.45. The van der Waals surface area contributed by atoms with E-state index in [1.807, 2.05) is 53.9 Å². The highest BCUT2D eigenvalue weighted by molar-refractivity contribution is 7.75. The predicted molar refractivity (Wildman–Crippen MR) is 161 cm³/mol. The third kappa shape index (κ3) is 6.71. The molecule has 0 bridgehead atoms. The minimum atomic E-state index is -2.25. The number of benzene rings is 3. The van der Waals surface area contributed by atoms with Gasteiger partial charge in [-0.1, -0.05) is 66.7 Å². The van der Waals surface area contributed by atoms with Crippen molar-refractivity contribution in [1.29, 1.82) is 0 Å². The summed E-state index contributed by atoms with van der Waals surface area (Å²) in [6.45, 7) is 1.84. The Bertz CT molecular complexity index is 1600. The maximum Gasteiger partial charge on any atom is 0.441 e. The van der Waals surface area contributed by atoms with Crippen LogP contribution in [-0.2, 0) is 15.3 Å². The fourth-order valence-corrected chi connectivity index (χ4v) is 5.50. The summed E-state index contributed by atoms with van der Waals surface area (Å²) in [5, 5.41) is 8.91. The second-order valence-electron chi connectivity index (χ2n) is 8.58. The van der Waals surface area contributed by atoms with Gasteiger partial charge in [0.05, 0.1) is 28.8 Å². The van der Waals surface area contributed by atoms with Gasteiger partial charge in [0.1, 0.15) is 5.82 Å². The number of hydrogen-bond acceptors (Lipinski definition) is 8. The monoisotopic (exact) mass is 569 g/mol. The molecule has 2 N–H and O–H groups in total. The number of amides is 1. The van der Waals surface area contributed by atoms with Crippen LogP contribution in [0.1, 0.15) is 24.1 Å². The summed E-state index contributed by atoms with van der Waals surface area (Å²) in [6, 6.07) is 31.2. The van der Waals surface area contributed by atoms with Crippen LogP contribution in [0.5, 0.6) is 0 Å². The number of anilines is 3. The van der Waals surface area contributed by atoms with E-state index in [2.05, 4.69) is 44.2 Å². The molecule has 0 fully saturated rings. The first-order valence-corrected chi connectivity index (χ1v) is 14.7. The van der Waals surface area contributed by atoms with E-state index in [0.717, 1.165) is 21.6 Å². The summed E-state index contributed by atoms with van der Waals surface area (Å²) in [5.74, 6) is 1.08. The molecule has 2 heterocycles. The maximum atomic E-state index is 12.4. The highest BCUT2D eigenvalue weighted by Gasteiger charge is 2.18. The molecule has 5 aromatic rings. The van der Waals surface area contributed by atoms with Gasteiger partial charge in [-0.3, -0.25) is 0 Å². The highest BCUT2D eigenvalue weighted by atomic mass is 32.2. The van der Waals surface area contributed by atoms with Crippen molar-refractivity contribution in [1.82, 2.24) is 9.97 Å². The number of carbonyl (C=O) groups is 1. The van der Waals surface area contributed by atoms with Crippen molar-refractivity contribution >= 4 is 45.5 Å². The van der Waals surface area contributed by atoms with Gasteiger partial charge < -0.3 is 15.4 Å². The average molecular weight is 570 g/mol. The first-order valence-electron chi connectivity index (χ1n) is 12.6. The first-order chi connectivity index (χ1) is 19.6. The van der Waals surface area contributed by atoms with Crippen LogP contribution in [0, 0.1) is 0 Å². The van der Waals surface area contributed by atoms with Gasteiger partial charge in [-0.15, -0.1) is 15.7 Å². The van der Waals surface area contributed by atoms with E-state index in [1.54, 1.807) is 48.7 Å². The van der Waals surface area contributed by atoms with E-state index in [9.17, 15) is 9.00 Å². The van der Waals surface area contributed by atoms with Crippen LogP contribution >= 0.6 is 11.3 Å². The molecule has 3 aromatic carbocycles. The number of nitrogens with zero attached hydrogens (tertiary/aromatic N) is 3. The molecular formula is C30H27N5O3S2. The fourth-order valence-electron chi connectivity index (χ4n) is 4.04. The average Bonchev–Trinajstić information content (AvgIpc) is 3.52. The summed E-state index contributed by atoms with van der Waals surface area (Å²) in [7, 11) is -2.25. The van der Waals surface area contributed by atoms with Gasteiger partial charge in [0.2, 0.25) is 5.95 Å². The molecule has 0 aliphatic carbocycles. The molecule has 0 aliphatic rings. The standard InChI is InChI=1S/C30H27N5O3S2/c1-2-38-30(36)35-40(37)24-17-15-23(16-18-24)32-29-31-20-25(26-14-9-19-39-26)28(34-29)33-27(21-10-5-3-6-11-21)22-12-7-4-8-13-22/h3-20,27,40H,2H2,1H3,(H2,31,32,33,34). The minimum absolute atomic E-state index is 0.136. The lowest BCUT2D eigenvalue weighted by Gasteiger charge is -2.22. The summed E-state index contributed by atoms with van der Waals surface area (Å²) < 4.78 is 20.7. The topological polar surface area (TPSA) is 106 Å². The van der Waals surface area contributed by atoms with Crippen molar-refractivity contribution in [3.8, 4) is 10.4 Å².